The number of aromatic nitrogens is 1. The van der Waals surface area contributed by atoms with Gasteiger partial charge in [0, 0.05) is 25.3 Å². The Hall–Kier alpha value is -1.09. The summed E-state index contributed by atoms with van der Waals surface area (Å²) < 4.78 is 0. The molecule has 1 saturated heterocycles. The first-order chi connectivity index (χ1) is 8.20. The van der Waals surface area contributed by atoms with Crippen molar-refractivity contribution in [1.29, 1.82) is 0 Å². The van der Waals surface area contributed by atoms with Crippen molar-refractivity contribution in [2.45, 2.75) is 39.2 Å². The molecule has 0 aliphatic carbocycles. The SMILES string of the molecule is CCC1CCCN(c2cc([C@H](C)N)ccn2)C1. The molecule has 94 valence electrons. The highest BCUT2D eigenvalue weighted by molar-refractivity contribution is 5.42. The number of hydrogen-bond acceptors (Lipinski definition) is 3. The normalized spacial score (nSPS) is 22.5. The van der Waals surface area contributed by atoms with E-state index in [4.69, 9.17) is 5.73 Å². The summed E-state index contributed by atoms with van der Waals surface area (Å²) in [6, 6.07) is 4.24. The summed E-state index contributed by atoms with van der Waals surface area (Å²) in [4.78, 5) is 6.89. The number of hydrogen-bond donors (Lipinski definition) is 1. The van der Waals surface area contributed by atoms with Crippen LogP contribution in [0.5, 0.6) is 0 Å². The van der Waals surface area contributed by atoms with Crippen LogP contribution in [-0.2, 0) is 0 Å². The fraction of sp³-hybridized carbons (Fsp3) is 0.643. The second-order valence-corrected chi connectivity index (χ2v) is 5.10. The van der Waals surface area contributed by atoms with Gasteiger partial charge in [0.25, 0.3) is 0 Å². The van der Waals surface area contributed by atoms with Crippen molar-refractivity contribution < 1.29 is 0 Å². The second-order valence-electron chi connectivity index (χ2n) is 5.10. The Balaban J connectivity index is 2.13. The van der Waals surface area contributed by atoms with Crippen LogP contribution >= 0.6 is 0 Å². The van der Waals surface area contributed by atoms with E-state index < -0.39 is 0 Å². The minimum absolute atomic E-state index is 0.0866. The van der Waals surface area contributed by atoms with E-state index in [1.807, 2.05) is 19.2 Å². The number of anilines is 1. The fourth-order valence-corrected chi connectivity index (χ4v) is 2.50. The molecule has 1 unspecified atom stereocenters. The zero-order chi connectivity index (χ0) is 12.3. The summed E-state index contributed by atoms with van der Waals surface area (Å²) >= 11 is 0. The molecule has 1 aliphatic heterocycles. The lowest BCUT2D eigenvalue weighted by molar-refractivity contribution is 0.403. The Labute approximate surface area is 104 Å². The van der Waals surface area contributed by atoms with Gasteiger partial charge in [-0.2, -0.15) is 0 Å². The van der Waals surface area contributed by atoms with Crippen LogP contribution in [0.15, 0.2) is 18.3 Å². The first-order valence-corrected chi connectivity index (χ1v) is 6.67. The average molecular weight is 233 g/mol. The third kappa shape index (κ3) is 2.97. The molecule has 1 fully saturated rings. The minimum Gasteiger partial charge on any atom is -0.356 e. The molecule has 0 amide bonds. The van der Waals surface area contributed by atoms with E-state index in [1.54, 1.807) is 0 Å². The van der Waals surface area contributed by atoms with Crippen LogP contribution in [0.2, 0.25) is 0 Å². The summed E-state index contributed by atoms with van der Waals surface area (Å²) in [7, 11) is 0. The molecule has 0 bridgehead atoms. The standard InChI is InChI=1S/C14H23N3/c1-3-12-5-4-8-17(10-12)14-9-13(11(2)15)6-7-16-14/h6-7,9,11-12H,3-5,8,10,15H2,1-2H3/t11-,12?/m0/s1. The lowest BCUT2D eigenvalue weighted by Crippen LogP contribution is -2.35. The Morgan fingerprint density at radius 1 is 1.59 bits per heavy atom. The van der Waals surface area contributed by atoms with E-state index in [9.17, 15) is 0 Å². The van der Waals surface area contributed by atoms with Crippen molar-refractivity contribution in [2.24, 2.45) is 11.7 Å². The maximum Gasteiger partial charge on any atom is 0.128 e. The van der Waals surface area contributed by atoms with Gasteiger partial charge in [-0.25, -0.2) is 4.98 Å². The molecule has 0 radical (unpaired) electrons. The number of piperidine rings is 1. The molecule has 1 aliphatic rings. The largest absolute Gasteiger partial charge is 0.356 e. The molecule has 0 aromatic carbocycles. The molecule has 2 atom stereocenters. The Bertz CT molecular complexity index is 362. The van der Waals surface area contributed by atoms with Crippen molar-refractivity contribution in [3.8, 4) is 0 Å². The smallest absolute Gasteiger partial charge is 0.128 e. The molecule has 2 rings (SSSR count). The molecule has 2 N–H and O–H groups in total. The van der Waals surface area contributed by atoms with Crippen LogP contribution < -0.4 is 10.6 Å². The first-order valence-electron chi connectivity index (χ1n) is 6.67. The maximum atomic E-state index is 5.92. The predicted octanol–water partition coefficient (Wildman–Crippen LogP) is 2.73. The lowest BCUT2D eigenvalue weighted by atomic mass is 9.95. The van der Waals surface area contributed by atoms with E-state index in [2.05, 4.69) is 22.9 Å². The van der Waals surface area contributed by atoms with Crippen molar-refractivity contribution >= 4 is 5.82 Å². The summed E-state index contributed by atoms with van der Waals surface area (Å²) in [5.41, 5.74) is 7.09. The monoisotopic (exact) mass is 233 g/mol. The highest BCUT2D eigenvalue weighted by atomic mass is 15.2. The molecule has 0 saturated carbocycles. The third-order valence-corrected chi connectivity index (χ3v) is 3.72. The van der Waals surface area contributed by atoms with E-state index >= 15 is 0 Å². The highest BCUT2D eigenvalue weighted by Gasteiger charge is 2.19. The van der Waals surface area contributed by atoms with Crippen molar-refractivity contribution in [3.63, 3.8) is 0 Å². The number of nitrogens with zero attached hydrogens (tertiary/aromatic N) is 2. The van der Waals surface area contributed by atoms with Gasteiger partial charge in [-0.15, -0.1) is 0 Å². The molecule has 1 aromatic heterocycles. The zero-order valence-corrected chi connectivity index (χ0v) is 10.9. The van der Waals surface area contributed by atoms with Gasteiger partial charge in [0.15, 0.2) is 0 Å². The third-order valence-electron chi connectivity index (χ3n) is 3.72. The molecule has 0 spiro atoms. The van der Waals surface area contributed by atoms with Gasteiger partial charge in [-0.3, -0.25) is 0 Å². The van der Waals surface area contributed by atoms with Crippen molar-refractivity contribution in [2.75, 3.05) is 18.0 Å². The van der Waals surface area contributed by atoms with Gasteiger partial charge < -0.3 is 10.6 Å². The Morgan fingerprint density at radius 3 is 3.12 bits per heavy atom. The second kappa shape index (κ2) is 5.50. The quantitative estimate of drug-likeness (QED) is 0.873. The summed E-state index contributed by atoms with van der Waals surface area (Å²) in [6.45, 7) is 6.57. The van der Waals surface area contributed by atoms with E-state index in [1.165, 1.54) is 24.8 Å². The van der Waals surface area contributed by atoms with Gasteiger partial charge in [0.2, 0.25) is 0 Å². The van der Waals surface area contributed by atoms with Crippen molar-refractivity contribution in [3.05, 3.63) is 23.9 Å². The van der Waals surface area contributed by atoms with Crippen LogP contribution in [0.3, 0.4) is 0 Å². The molecule has 3 heteroatoms. The highest BCUT2D eigenvalue weighted by Crippen LogP contribution is 2.24. The molecule has 2 heterocycles. The number of rotatable bonds is 3. The van der Waals surface area contributed by atoms with Gasteiger partial charge >= 0.3 is 0 Å². The average Bonchev–Trinajstić information content (AvgIpc) is 2.39. The van der Waals surface area contributed by atoms with Crippen LogP contribution in [0.1, 0.15) is 44.7 Å². The van der Waals surface area contributed by atoms with Crippen LogP contribution in [-0.4, -0.2) is 18.1 Å². The molecule has 17 heavy (non-hydrogen) atoms. The number of nitrogens with two attached hydrogens (primary N) is 1. The van der Waals surface area contributed by atoms with Gasteiger partial charge in [0.05, 0.1) is 0 Å². The van der Waals surface area contributed by atoms with Gasteiger partial charge in [-0.1, -0.05) is 13.3 Å². The predicted molar refractivity (Wildman–Crippen MR) is 72.1 cm³/mol. The fourth-order valence-electron chi connectivity index (χ4n) is 2.50. The summed E-state index contributed by atoms with van der Waals surface area (Å²) in [5, 5.41) is 0. The van der Waals surface area contributed by atoms with Crippen LogP contribution in [0, 0.1) is 5.92 Å². The van der Waals surface area contributed by atoms with Crippen LogP contribution in [0.4, 0.5) is 5.82 Å². The van der Waals surface area contributed by atoms with E-state index in [0.29, 0.717) is 0 Å². The Kier molecular flexibility index (Phi) is 4.00. The zero-order valence-electron chi connectivity index (χ0n) is 10.9. The van der Waals surface area contributed by atoms with Gasteiger partial charge in [0.1, 0.15) is 5.82 Å². The maximum absolute atomic E-state index is 5.92. The molecule has 3 nitrogen and oxygen atoms in total. The van der Waals surface area contributed by atoms with Crippen LogP contribution in [0.25, 0.3) is 0 Å². The summed E-state index contributed by atoms with van der Waals surface area (Å²) in [6.07, 6.45) is 5.79. The van der Waals surface area contributed by atoms with Crippen molar-refractivity contribution in [1.82, 2.24) is 4.98 Å². The molecular weight excluding hydrogens is 210 g/mol. The van der Waals surface area contributed by atoms with Gasteiger partial charge in [-0.05, 0) is 43.4 Å². The van der Waals surface area contributed by atoms with E-state index in [0.717, 1.165) is 24.8 Å². The topological polar surface area (TPSA) is 42.1 Å². The minimum atomic E-state index is 0.0866. The Morgan fingerprint density at radius 2 is 2.41 bits per heavy atom. The lowest BCUT2D eigenvalue weighted by Gasteiger charge is -2.33. The van der Waals surface area contributed by atoms with E-state index in [-0.39, 0.29) is 6.04 Å². The summed E-state index contributed by atoms with van der Waals surface area (Å²) in [5.74, 6) is 1.92. The molecule has 1 aromatic rings. The number of pyridine rings is 1. The first kappa shape index (κ1) is 12.4. The molecular formula is C14H23N3.